The maximum atomic E-state index is 14.2. The van der Waals surface area contributed by atoms with Crippen molar-refractivity contribution < 1.29 is 38.8 Å². The molecule has 0 aliphatic heterocycles. The van der Waals surface area contributed by atoms with Crippen molar-refractivity contribution in [2.45, 2.75) is 112 Å². The van der Waals surface area contributed by atoms with Crippen LogP contribution in [-0.2, 0) is 9.59 Å². The fraction of sp³-hybridized carbons (Fsp3) is 0.596. The third-order valence-electron chi connectivity index (χ3n) is 16.6. The molecule has 9 atom stereocenters. The number of benzene rings is 2. The Morgan fingerprint density at radius 1 is 0.839 bits per heavy atom. The number of methoxy groups -OCH3 is 2. The van der Waals surface area contributed by atoms with Gasteiger partial charge in [0.15, 0.2) is 17.1 Å². The molecular formula is C47H60O9. The first-order valence-corrected chi connectivity index (χ1v) is 20.3. The fourth-order valence-corrected chi connectivity index (χ4v) is 12.7. The largest absolute Gasteiger partial charge is 0.504 e. The molecule has 4 saturated carbocycles. The highest BCUT2D eigenvalue weighted by atomic mass is 16.5. The molecule has 2 aromatic carbocycles. The van der Waals surface area contributed by atoms with E-state index < -0.39 is 11.4 Å². The van der Waals surface area contributed by atoms with Gasteiger partial charge in [0.2, 0.25) is 11.2 Å². The number of aromatic hydroxyl groups is 1. The maximum Gasteiger partial charge on any atom is 0.309 e. The predicted molar refractivity (Wildman–Crippen MR) is 216 cm³/mol. The Morgan fingerprint density at radius 2 is 1.52 bits per heavy atom. The van der Waals surface area contributed by atoms with E-state index in [1.165, 1.54) is 31.1 Å². The number of allylic oxidation sites excluding steroid dienone is 2. The number of carbonyl (C=O) groups is 2. The number of aliphatic hydroxyl groups excluding tert-OH is 1. The van der Waals surface area contributed by atoms with Crippen molar-refractivity contribution in [1.82, 2.24) is 0 Å². The average Bonchev–Trinajstić information content (AvgIpc) is 3.15. The van der Waals surface area contributed by atoms with Crippen LogP contribution in [0.2, 0.25) is 0 Å². The van der Waals surface area contributed by atoms with Crippen LogP contribution in [0.3, 0.4) is 0 Å². The van der Waals surface area contributed by atoms with E-state index in [9.17, 15) is 29.7 Å². The van der Waals surface area contributed by atoms with E-state index in [1.807, 2.05) is 13.0 Å². The smallest absolute Gasteiger partial charge is 0.309 e. The minimum atomic E-state index is -0.711. The lowest BCUT2D eigenvalue weighted by atomic mass is 9.33. The zero-order valence-corrected chi connectivity index (χ0v) is 34.6. The Kier molecular flexibility index (Phi) is 9.66. The number of fused-ring (bicyclic) bond motifs is 8. The van der Waals surface area contributed by atoms with Gasteiger partial charge in [-0.25, -0.2) is 0 Å². The van der Waals surface area contributed by atoms with Gasteiger partial charge in [-0.2, -0.15) is 0 Å². The van der Waals surface area contributed by atoms with Crippen molar-refractivity contribution in [3.8, 4) is 28.4 Å². The molecule has 302 valence electrons. The summed E-state index contributed by atoms with van der Waals surface area (Å²) in [5.74, 6) is 0.844. The molecule has 0 radical (unpaired) electrons. The number of aliphatic carboxylic acids is 1. The van der Waals surface area contributed by atoms with Crippen LogP contribution < -0.4 is 14.9 Å². The first-order valence-electron chi connectivity index (χ1n) is 20.3. The van der Waals surface area contributed by atoms with Crippen LogP contribution in [0.25, 0.3) is 22.1 Å². The summed E-state index contributed by atoms with van der Waals surface area (Å²) in [6, 6.07) is 10.1. The van der Waals surface area contributed by atoms with Crippen molar-refractivity contribution >= 4 is 22.7 Å². The first kappa shape index (κ1) is 40.1. The van der Waals surface area contributed by atoms with Crippen molar-refractivity contribution in [2.75, 3.05) is 14.2 Å². The molecule has 9 unspecified atom stereocenters. The van der Waals surface area contributed by atoms with Crippen LogP contribution in [0.5, 0.6) is 17.2 Å². The average molecular weight is 769 g/mol. The number of phenols is 1. The molecule has 56 heavy (non-hydrogen) atoms. The lowest BCUT2D eigenvalue weighted by molar-refractivity contribution is -0.202. The topological polar surface area (TPSA) is 144 Å². The monoisotopic (exact) mass is 768 g/mol. The number of hydrogen-bond donors (Lipinski definition) is 3. The number of hydrogen-bond acceptors (Lipinski definition) is 8. The van der Waals surface area contributed by atoms with Crippen LogP contribution in [0.15, 0.2) is 63.5 Å². The minimum absolute atomic E-state index is 0.0296. The Hall–Kier alpha value is -4.11. The van der Waals surface area contributed by atoms with Crippen LogP contribution in [0.4, 0.5) is 0 Å². The molecule has 0 amide bonds. The number of carboxylic acid groups (broad SMARTS) is 1. The van der Waals surface area contributed by atoms with Gasteiger partial charge in [-0.15, -0.1) is 0 Å². The van der Waals surface area contributed by atoms with Crippen LogP contribution in [-0.4, -0.2) is 47.4 Å². The Labute approximate surface area is 330 Å². The van der Waals surface area contributed by atoms with Gasteiger partial charge in [0.05, 0.1) is 36.7 Å². The van der Waals surface area contributed by atoms with Gasteiger partial charge < -0.3 is 29.2 Å². The third-order valence-corrected chi connectivity index (χ3v) is 16.6. The zero-order chi connectivity index (χ0) is 40.8. The molecule has 1 aromatic heterocycles. The highest BCUT2D eigenvalue weighted by Crippen LogP contribution is 2.75. The summed E-state index contributed by atoms with van der Waals surface area (Å²) in [6.45, 7) is 15.8. The van der Waals surface area contributed by atoms with Gasteiger partial charge in [-0.3, -0.25) is 14.4 Å². The van der Waals surface area contributed by atoms with Gasteiger partial charge >= 0.3 is 5.97 Å². The molecule has 0 spiro atoms. The summed E-state index contributed by atoms with van der Waals surface area (Å²) in [4.78, 5) is 39.1. The second-order valence-electron chi connectivity index (χ2n) is 19.6. The minimum Gasteiger partial charge on any atom is -0.504 e. The van der Waals surface area contributed by atoms with Gasteiger partial charge in [0.25, 0.3) is 0 Å². The van der Waals surface area contributed by atoms with Crippen LogP contribution in [0.1, 0.15) is 106 Å². The standard InChI is InChI=1S/C30H46O4.C17H14O5/c1-25(2)21-8-11-30(7)23(28(21,5)10-9-22(25)32)20(31)16-18-19-17-27(4,24(33)34)13-12-26(19,3)14-15-29(18,30)6;1-20-11-5-3-10(4-6-11)13-9-22-16-12(15(13)19)7-8-14(18)17(16)21-2/h16,19,21-23,32H,8-15,17H2,1-7H3,(H,33,34);3-9,18H,1-2H3. The second-order valence-corrected chi connectivity index (χ2v) is 19.6. The summed E-state index contributed by atoms with van der Waals surface area (Å²) in [7, 11) is 2.99. The molecule has 1 heterocycles. The third kappa shape index (κ3) is 5.76. The molecule has 9 heteroatoms. The van der Waals surface area contributed by atoms with E-state index in [1.54, 1.807) is 31.4 Å². The number of carboxylic acids is 1. The molecule has 0 bridgehead atoms. The molecule has 5 aliphatic carbocycles. The van der Waals surface area contributed by atoms with E-state index in [2.05, 4.69) is 41.5 Å². The summed E-state index contributed by atoms with van der Waals surface area (Å²) in [6.07, 6.45) is 11.3. The zero-order valence-electron chi connectivity index (χ0n) is 34.6. The summed E-state index contributed by atoms with van der Waals surface area (Å²) < 4.78 is 15.7. The van der Waals surface area contributed by atoms with Crippen molar-refractivity contribution in [3.05, 3.63) is 64.5 Å². The number of rotatable bonds is 4. The molecule has 0 saturated heterocycles. The molecule has 3 N–H and O–H groups in total. The van der Waals surface area contributed by atoms with Gasteiger partial charge in [0.1, 0.15) is 12.0 Å². The van der Waals surface area contributed by atoms with E-state index in [4.69, 9.17) is 13.9 Å². The van der Waals surface area contributed by atoms with Crippen LogP contribution in [0, 0.1) is 50.2 Å². The number of carbonyl (C=O) groups excluding carboxylic acids is 1. The van der Waals surface area contributed by atoms with Crippen molar-refractivity contribution in [3.63, 3.8) is 0 Å². The predicted octanol–water partition coefficient (Wildman–Crippen LogP) is 9.60. The summed E-state index contributed by atoms with van der Waals surface area (Å²) >= 11 is 0. The van der Waals surface area contributed by atoms with E-state index in [0.717, 1.165) is 56.9 Å². The SMILES string of the molecule is CC1(C(=O)O)CCC2(C)CCC3(C)C(=CC(=O)C4C5(C)CCC(O)C(C)(C)C5CCC43C)C2C1.COc1ccc(-c2coc3c(OC)c(O)ccc3c2=O)cc1. The highest BCUT2D eigenvalue weighted by molar-refractivity contribution is 5.96. The van der Waals surface area contributed by atoms with Crippen molar-refractivity contribution in [2.24, 2.45) is 50.2 Å². The molecule has 4 fully saturated rings. The van der Waals surface area contributed by atoms with Gasteiger partial charge in [-0.1, -0.05) is 59.2 Å². The first-order chi connectivity index (χ1) is 26.2. The van der Waals surface area contributed by atoms with Gasteiger partial charge in [-0.05, 0) is 140 Å². The highest BCUT2D eigenvalue weighted by Gasteiger charge is 2.70. The molecule has 8 rings (SSSR count). The summed E-state index contributed by atoms with van der Waals surface area (Å²) in [5, 5.41) is 31.0. The number of ketones is 1. The number of ether oxygens (including phenoxy) is 2. The molecule has 5 aliphatic rings. The van der Waals surface area contributed by atoms with Crippen molar-refractivity contribution in [1.29, 1.82) is 0 Å². The lowest BCUT2D eigenvalue weighted by Crippen LogP contribution is -2.66. The van der Waals surface area contributed by atoms with E-state index in [0.29, 0.717) is 29.0 Å². The van der Waals surface area contributed by atoms with E-state index >= 15 is 0 Å². The van der Waals surface area contributed by atoms with Gasteiger partial charge in [0, 0.05) is 5.92 Å². The number of aliphatic hydroxyl groups is 1. The molecule has 9 nitrogen and oxygen atoms in total. The quantitative estimate of drug-likeness (QED) is 0.236. The van der Waals surface area contributed by atoms with E-state index in [-0.39, 0.29) is 73.3 Å². The normalized spacial score (nSPS) is 37.0. The Bertz CT molecular complexity index is 2150. The lowest BCUT2D eigenvalue weighted by Gasteiger charge is -2.70. The fourth-order valence-electron chi connectivity index (χ4n) is 12.7. The summed E-state index contributed by atoms with van der Waals surface area (Å²) in [5.41, 5.74) is 1.34. The number of phenolic OH excluding ortho intramolecular Hbond substituents is 1. The second kappa shape index (κ2) is 13.5. The Balaban J connectivity index is 0.000000189. The molecule has 3 aromatic rings. The molecular weight excluding hydrogens is 709 g/mol. The Morgan fingerprint density at radius 3 is 2.16 bits per heavy atom. The van der Waals surface area contributed by atoms with Crippen LogP contribution >= 0.6 is 0 Å². The maximum absolute atomic E-state index is 14.2.